The maximum Gasteiger partial charge on any atom is 0.253 e. The highest BCUT2D eigenvalue weighted by Crippen LogP contribution is 2.22. The zero-order valence-electron chi connectivity index (χ0n) is 12.1. The van der Waals surface area contributed by atoms with Crippen molar-refractivity contribution >= 4 is 17.3 Å². The molecule has 1 aliphatic carbocycles. The zero-order chi connectivity index (χ0) is 14.7. The number of nitrogens with one attached hydrogen (secondary N) is 2. The SMILES string of the molecule is CCc1ccccc1Nc1cncc(C(=O)NC2CC2)c1. The first-order valence-corrected chi connectivity index (χ1v) is 7.37. The number of hydrogen-bond donors (Lipinski definition) is 2. The van der Waals surface area contributed by atoms with Crippen LogP contribution >= 0.6 is 0 Å². The molecule has 0 atom stereocenters. The molecule has 0 radical (unpaired) electrons. The third kappa shape index (κ3) is 3.40. The van der Waals surface area contributed by atoms with Crippen LogP contribution in [0.5, 0.6) is 0 Å². The lowest BCUT2D eigenvalue weighted by Gasteiger charge is -2.11. The van der Waals surface area contributed by atoms with Crippen LogP contribution in [0.15, 0.2) is 42.7 Å². The molecule has 4 heteroatoms. The maximum atomic E-state index is 12.0. The molecule has 1 aliphatic rings. The van der Waals surface area contributed by atoms with Crippen molar-refractivity contribution in [2.24, 2.45) is 0 Å². The molecule has 1 amide bonds. The van der Waals surface area contributed by atoms with Crippen LogP contribution in [0.25, 0.3) is 0 Å². The Morgan fingerprint density at radius 3 is 2.86 bits per heavy atom. The van der Waals surface area contributed by atoms with Crippen molar-refractivity contribution in [1.82, 2.24) is 10.3 Å². The summed E-state index contributed by atoms with van der Waals surface area (Å²) in [6.45, 7) is 2.12. The number of hydrogen-bond acceptors (Lipinski definition) is 3. The first-order valence-electron chi connectivity index (χ1n) is 7.37. The zero-order valence-corrected chi connectivity index (χ0v) is 12.1. The van der Waals surface area contributed by atoms with Gasteiger partial charge in [-0.15, -0.1) is 0 Å². The number of nitrogens with zero attached hydrogens (tertiary/aromatic N) is 1. The Labute approximate surface area is 124 Å². The number of pyridine rings is 1. The van der Waals surface area contributed by atoms with Gasteiger partial charge in [-0.05, 0) is 37.0 Å². The average molecular weight is 281 g/mol. The monoisotopic (exact) mass is 281 g/mol. The van der Waals surface area contributed by atoms with Crippen molar-refractivity contribution in [3.63, 3.8) is 0 Å². The van der Waals surface area contributed by atoms with Crippen molar-refractivity contribution in [3.05, 3.63) is 53.9 Å². The smallest absolute Gasteiger partial charge is 0.253 e. The summed E-state index contributed by atoms with van der Waals surface area (Å²) in [6, 6.07) is 10.4. The van der Waals surface area contributed by atoms with E-state index in [-0.39, 0.29) is 5.91 Å². The molecule has 3 rings (SSSR count). The highest BCUT2D eigenvalue weighted by atomic mass is 16.1. The molecule has 0 bridgehead atoms. The molecule has 1 aromatic carbocycles. The fourth-order valence-electron chi connectivity index (χ4n) is 2.23. The van der Waals surface area contributed by atoms with Gasteiger partial charge in [-0.2, -0.15) is 0 Å². The van der Waals surface area contributed by atoms with Gasteiger partial charge in [-0.3, -0.25) is 9.78 Å². The summed E-state index contributed by atoms with van der Waals surface area (Å²) in [6.07, 6.45) is 6.47. The maximum absolute atomic E-state index is 12.0. The van der Waals surface area contributed by atoms with E-state index in [9.17, 15) is 4.79 Å². The number of carbonyl (C=O) groups excluding carboxylic acids is 1. The summed E-state index contributed by atoms with van der Waals surface area (Å²) in [7, 11) is 0. The fourth-order valence-corrected chi connectivity index (χ4v) is 2.23. The normalized spacial score (nSPS) is 13.8. The Kier molecular flexibility index (Phi) is 3.86. The lowest BCUT2D eigenvalue weighted by Crippen LogP contribution is -2.25. The van der Waals surface area contributed by atoms with E-state index in [2.05, 4.69) is 28.6 Å². The number of aromatic nitrogens is 1. The van der Waals surface area contributed by atoms with Gasteiger partial charge >= 0.3 is 0 Å². The second-order valence-electron chi connectivity index (χ2n) is 5.35. The van der Waals surface area contributed by atoms with E-state index >= 15 is 0 Å². The van der Waals surface area contributed by atoms with Gasteiger partial charge in [0.05, 0.1) is 17.4 Å². The Balaban J connectivity index is 1.77. The standard InChI is InChI=1S/C17H19N3O/c1-2-12-5-3-4-6-16(12)19-15-9-13(10-18-11-15)17(21)20-14-7-8-14/h3-6,9-11,14,19H,2,7-8H2,1H3,(H,20,21). The van der Waals surface area contributed by atoms with E-state index in [0.29, 0.717) is 11.6 Å². The minimum atomic E-state index is -0.0440. The minimum absolute atomic E-state index is 0.0440. The summed E-state index contributed by atoms with van der Waals surface area (Å²) < 4.78 is 0. The van der Waals surface area contributed by atoms with Crippen LogP contribution < -0.4 is 10.6 Å². The molecule has 21 heavy (non-hydrogen) atoms. The molecule has 2 aromatic rings. The van der Waals surface area contributed by atoms with Crippen LogP contribution in [0.2, 0.25) is 0 Å². The van der Waals surface area contributed by atoms with Crippen LogP contribution in [0.4, 0.5) is 11.4 Å². The van der Waals surface area contributed by atoms with Gasteiger partial charge in [0.1, 0.15) is 0 Å². The molecule has 1 aromatic heterocycles. The van der Waals surface area contributed by atoms with E-state index in [1.54, 1.807) is 12.4 Å². The molecule has 108 valence electrons. The van der Waals surface area contributed by atoms with E-state index in [1.165, 1.54) is 5.56 Å². The summed E-state index contributed by atoms with van der Waals surface area (Å²) in [5.41, 5.74) is 3.73. The molecule has 0 spiro atoms. The average Bonchev–Trinajstić information content (AvgIpc) is 3.32. The van der Waals surface area contributed by atoms with E-state index < -0.39 is 0 Å². The largest absolute Gasteiger partial charge is 0.354 e. The van der Waals surface area contributed by atoms with Gasteiger partial charge in [0.2, 0.25) is 0 Å². The molecule has 1 heterocycles. The Morgan fingerprint density at radius 2 is 2.10 bits per heavy atom. The molecule has 4 nitrogen and oxygen atoms in total. The number of amides is 1. The van der Waals surface area contributed by atoms with Crippen LogP contribution in [0, 0.1) is 0 Å². The molecular weight excluding hydrogens is 262 g/mol. The predicted octanol–water partition coefficient (Wildman–Crippen LogP) is 3.28. The second kappa shape index (κ2) is 5.95. The highest BCUT2D eigenvalue weighted by Gasteiger charge is 2.23. The molecule has 0 aliphatic heterocycles. The Bertz CT molecular complexity index is 650. The molecule has 0 unspecified atom stereocenters. The molecule has 2 N–H and O–H groups in total. The van der Waals surface area contributed by atoms with Gasteiger partial charge in [-0.1, -0.05) is 25.1 Å². The summed E-state index contributed by atoms with van der Waals surface area (Å²) in [4.78, 5) is 16.2. The van der Waals surface area contributed by atoms with Gasteiger partial charge < -0.3 is 10.6 Å². The van der Waals surface area contributed by atoms with Gasteiger partial charge in [0.15, 0.2) is 0 Å². The van der Waals surface area contributed by atoms with Gasteiger partial charge in [0.25, 0.3) is 5.91 Å². The Morgan fingerprint density at radius 1 is 1.29 bits per heavy atom. The number of benzene rings is 1. The minimum Gasteiger partial charge on any atom is -0.354 e. The molecule has 1 fully saturated rings. The fraction of sp³-hybridized carbons (Fsp3) is 0.294. The van der Waals surface area contributed by atoms with E-state index in [0.717, 1.165) is 30.6 Å². The number of rotatable bonds is 5. The number of aryl methyl sites for hydroxylation is 1. The molecule has 1 saturated carbocycles. The van der Waals surface area contributed by atoms with Crippen molar-refractivity contribution in [2.75, 3.05) is 5.32 Å². The van der Waals surface area contributed by atoms with Crippen LogP contribution in [-0.4, -0.2) is 16.9 Å². The first-order chi connectivity index (χ1) is 10.3. The summed E-state index contributed by atoms with van der Waals surface area (Å²) in [5, 5.41) is 6.32. The third-order valence-electron chi connectivity index (χ3n) is 3.59. The number of para-hydroxylation sites is 1. The lowest BCUT2D eigenvalue weighted by atomic mass is 10.1. The van der Waals surface area contributed by atoms with Crippen LogP contribution in [0.1, 0.15) is 35.7 Å². The third-order valence-corrected chi connectivity index (χ3v) is 3.59. The van der Waals surface area contributed by atoms with Crippen molar-refractivity contribution in [1.29, 1.82) is 0 Å². The topological polar surface area (TPSA) is 54.0 Å². The molecular formula is C17H19N3O. The van der Waals surface area contributed by atoms with Gasteiger partial charge in [0, 0.05) is 17.9 Å². The van der Waals surface area contributed by atoms with E-state index in [1.807, 2.05) is 24.3 Å². The summed E-state index contributed by atoms with van der Waals surface area (Å²) >= 11 is 0. The first kappa shape index (κ1) is 13.6. The van der Waals surface area contributed by atoms with E-state index in [4.69, 9.17) is 0 Å². The summed E-state index contributed by atoms with van der Waals surface area (Å²) in [5.74, 6) is -0.0440. The second-order valence-corrected chi connectivity index (χ2v) is 5.35. The number of anilines is 2. The van der Waals surface area contributed by atoms with Crippen LogP contribution in [-0.2, 0) is 6.42 Å². The lowest BCUT2D eigenvalue weighted by molar-refractivity contribution is 0.0951. The Hall–Kier alpha value is -2.36. The van der Waals surface area contributed by atoms with Crippen molar-refractivity contribution in [3.8, 4) is 0 Å². The van der Waals surface area contributed by atoms with Crippen molar-refractivity contribution in [2.45, 2.75) is 32.2 Å². The van der Waals surface area contributed by atoms with Crippen LogP contribution in [0.3, 0.4) is 0 Å². The molecule has 0 saturated heterocycles. The highest BCUT2D eigenvalue weighted by molar-refractivity contribution is 5.95. The predicted molar refractivity (Wildman–Crippen MR) is 83.8 cm³/mol. The van der Waals surface area contributed by atoms with Gasteiger partial charge in [-0.25, -0.2) is 0 Å². The van der Waals surface area contributed by atoms with Crippen molar-refractivity contribution < 1.29 is 4.79 Å². The number of carbonyl (C=O) groups is 1. The quantitative estimate of drug-likeness (QED) is 0.884.